The molecule has 1 unspecified atom stereocenters. The molecule has 1 aliphatic heterocycles. The van der Waals surface area contributed by atoms with Gasteiger partial charge in [0.25, 0.3) is 0 Å². The minimum Gasteiger partial charge on any atom is -0.404 e. The van der Waals surface area contributed by atoms with E-state index in [2.05, 4.69) is 22.4 Å². The number of hydrogen-bond acceptors (Lipinski definition) is 6. The Hall–Kier alpha value is -3.25. The normalized spacial score (nSPS) is 17.3. The van der Waals surface area contributed by atoms with Crippen molar-refractivity contribution in [3.05, 3.63) is 59.9 Å². The summed E-state index contributed by atoms with van der Waals surface area (Å²) in [6.07, 6.45) is 6.56. The number of benzene rings is 1. The molecule has 0 saturated carbocycles. The molecule has 1 aliphatic rings. The summed E-state index contributed by atoms with van der Waals surface area (Å²) in [7, 11) is 0. The van der Waals surface area contributed by atoms with Crippen LogP contribution in [0.1, 0.15) is 30.0 Å². The zero-order valence-corrected chi connectivity index (χ0v) is 14.9. The van der Waals surface area contributed by atoms with Crippen LogP contribution in [0.15, 0.2) is 48.8 Å². The lowest BCUT2D eigenvalue weighted by Crippen LogP contribution is -2.13. The zero-order valence-electron chi connectivity index (χ0n) is 14.9. The molecular weight excluding hydrogens is 336 g/mol. The first kappa shape index (κ1) is 17.2. The molecule has 6 heteroatoms. The van der Waals surface area contributed by atoms with Gasteiger partial charge >= 0.3 is 0 Å². The van der Waals surface area contributed by atoms with Gasteiger partial charge in [0.1, 0.15) is 5.82 Å². The van der Waals surface area contributed by atoms with Crippen molar-refractivity contribution in [1.82, 2.24) is 15.3 Å². The maximum Gasteiger partial charge on any atom is 0.131 e. The quantitative estimate of drug-likeness (QED) is 0.535. The average Bonchev–Trinajstić information content (AvgIpc) is 3.24. The topological polar surface area (TPSA) is 114 Å². The largest absolute Gasteiger partial charge is 0.404 e. The van der Waals surface area contributed by atoms with Crippen LogP contribution in [0, 0.1) is 5.41 Å². The van der Waals surface area contributed by atoms with Crippen molar-refractivity contribution in [2.75, 3.05) is 12.3 Å². The fourth-order valence-corrected chi connectivity index (χ4v) is 3.65. The smallest absolute Gasteiger partial charge is 0.131 e. The Labute approximate surface area is 157 Å². The number of para-hydroxylation sites is 1. The van der Waals surface area contributed by atoms with Gasteiger partial charge in [-0.2, -0.15) is 0 Å². The van der Waals surface area contributed by atoms with Crippen LogP contribution in [-0.2, 0) is 0 Å². The van der Waals surface area contributed by atoms with E-state index in [4.69, 9.17) is 21.9 Å². The Morgan fingerprint density at radius 3 is 2.85 bits per heavy atom. The molecule has 0 spiro atoms. The Morgan fingerprint density at radius 2 is 2.11 bits per heavy atom. The fourth-order valence-electron chi connectivity index (χ4n) is 3.65. The predicted octanol–water partition coefficient (Wildman–Crippen LogP) is 3.25. The van der Waals surface area contributed by atoms with E-state index in [1.165, 1.54) is 29.8 Å². The van der Waals surface area contributed by atoms with Gasteiger partial charge in [-0.25, -0.2) is 9.97 Å². The van der Waals surface area contributed by atoms with Crippen molar-refractivity contribution in [2.24, 2.45) is 5.73 Å². The molecule has 0 bridgehead atoms. The highest BCUT2D eigenvalue weighted by Crippen LogP contribution is 2.33. The number of anilines is 1. The number of nitrogens with one attached hydrogen (secondary N) is 2. The van der Waals surface area contributed by atoms with Gasteiger partial charge in [0, 0.05) is 46.7 Å². The summed E-state index contributed by atoms with van der Waals surface area (Å²) in [6, 6.07) is 12.6. The van der Waals surface area contributed by atoms with Gasteiger partial charge < -0.3 is 22.2 Å². The Morgan fingerprint density at radius 1 is 1.26 bits per heavy atom. The average molecular weight is 358 g/mol. The molecule has 1 aromatic carbocycles. The lowest BCUT2D eigenvalue weighted by Gasteiger charge is -2.16. The van der Waals surface area contributed by atoms with E-state index < -0.39 is 0 Å². The van der Waals surface area contributed by atoms with Crippen LogP contribution >= 0.6 is 0 Å². The van der Waals surface area contributed by atoms with E-state index >= 15 is 0 Å². The third-order valence-electron chi connectivity index (χ3n) is 5.04. The van der Waals surface area contributed by atoms with Gasteiger partial charge in [0.2, 0.25) is 0 Å². The molecule has 3 heterocycles. The number of fused-ring (bicyclic) bond motifs is 1. The molecular formula is C21H22N6. The number of rotatable bonds is 4. The summed E-state index contributed by atoms with van der Waals surface area (Å²) >= 11 is 0. The highest BCUT2D eigenvalue weighted by atomic mass is 14.9. The highest BCUT2D eigenvalue weighted by molar-refractivity contribution is 6.10. The van der Waals surface area contributed by atoms with E-state index in [0.717, 1.165) is 29.7 Å². The van der Waals surface area contributed by atoms with Crippen molar-refractivity contribution in [1.29, 1.82) is 5.41 Å². The molecule has 6 N–H and O–H groups in total. The van der Waals surface area contributed by atoms with Crippen molar-refractivity contribution in [2.45, 2.75) is 18.9 Å². The van der Waals surface area contributed by atoms with Gasteiger partial charge in [0.15, 0.2) is 0 Å². The molecule has 6 nitrogen and oxygen atoms in total. The Bertz CT molecular complexity index is 1030. The number of hydrogen-bond donors (Lipinski definition) is 4. The summed E-state index contributed by atoms with van der Waals surface area (Å²) in [5.74, 6) is 0.345. The minimum atomic E-state index is 0.332. The molecule has 1 atom stereocenters. The van der Waals surface area contributed by atoms with Gasteiger partial charge in [-0.3, -0.25) is 0 Å². The first-order valence-electron chi connectivity index (χ1n) is 9.03. The third kappa shape index (κ3) is 3.15. The minimum absolute atomic E-state index is 0.332. The zero-order chi connectivity index (χ0) is 18.8. The van der Waals surface area contributed by atoms with E-state index in [1.54, 1.807) is 6.20 Å². The predicted molar refractivity (Wildman–Crippen MR) is 110 cm³/mol. The number of pyridine rings is 2. The lowest BCUT2D eigenvalue weighted by atomic mass is 9.97. The van der Waals surface area contributed by atoms with Crippen molar-refractivity contribution >= 4 is 28.5 Å². The summed E-state index contributed by atoms with van der Waals surface area (Å²) in [6.45, 7) is 1.04. The van der Waals surface area contributed by atoms with Crippen LogP contribution in [0.3, 0.4) is 0 Å². The van der Waals surface area contributed by atoms with Crippen LogP contribution in [-0.4, -0.2) is 22.7 Å². The third-order valence-corrected chi connectivity index (χ3v) is 5.04. The van der Waals surface area contributed by atoms with E-state index in [9.17, 15) is 0 Å². The van der Waals surface area contributed by atoms with Crippen LogP contribution in [0.2, 0.25) is 0 Å². The molecule has 1 saturated heterocycles. The van der Waals surface area contributed by atoms with Gasteiger partial charge in [-0.05, 0) is 43.1 Å². The van der Waals surface area contributed by atoms with Crippen LogP contribution in [0.4, 0.5) is 5.82 Å². The maximum atomic E-state index is 7.54. The fraction of sp³-hybridized carbons (Fsp3) is 0.190. The van der Waals surface area contributed by atoms with E-state index in [-0.39, 0.29) is 0 Å². The second kappa shape index (κ2) is 7.17. The summed E-state index contributed by atoms with van der Waals surface area (Å²) in [4.78, 5) is 9.14. The van der Waals surface area contributed by atoms with Gasteiger partial charge in [0.05, 0.1) is 11.2 Å². The molecule has 4 rings (SSSR count). The number of nitrogens with zero attached hydrogens (tertiary/aromatic N) is 2. The van der Waals surface area contributed by atoms with Crippen molar-refractivity contribution in [3.63, 3.8) is 0 Å². The lowest BCUT2D eigenvalue weighted by molar-refractivity contribution is 0.652. The molecule has 136 valence electrons. The molecule has 0 aliphatic carbocycles. The Balaban J connectivity index is 1.89. The number of allylic oxidation sites excluding steroid dienone is 1. The van der Waals surface area contributed by atoms with Crippen molar-refractivity contribution < 1.29 is 0 Å². The van der Waals surface area contributed by atoms with Crippen LogP contribution in [0.5, 0.6) is 0 Å². The molecule has 1 fully saturated rings. The van der Waals surface area contributed by atoms with E-state index in [0.29, 0.717) is 23.0 Å². The monoisotopic (exact) mass is 358 g/mol. The Kier molecular flexibility index (Phi) is 4.56. The molecule has 3 aromatic rings. The van der Waals surface area contributed by atoms with E-state index in [1.807, 2.05) is 24.3 Å². The SMILES string of the molecule is N=CC(=CN)c1cc(-c2cc(C3CCCN3)c3ccccc3n2)cnc1N. The highest BCUT2D eigenvalue weighted by Gasteiger charge is 2.20. The summed E-state index contributed by atoms with van der Waals surface area (Å²) < 4.78 is 0. The first-order valence-corrected chi connectivity index (χ1v) is 9.03. The standard InChI is InChI=1S/C21H22N6/c22-10-14(11-23)16-8-13(12-26-21(16)24)20-9-17(18-6-3-7-25-18)15-4-1-2-5-19(15)27-20/h1-2,4-5,8-12,18,22,25H,3,6-7,23H2,(H2,24,26). The molecule has 0 amide bonds. The molecule has 0 radical (unpaired) electrons. The maximum absolute atomic E-state index is 7.54. The van der Waals surface area contributed by atoms with Gasteiger partial charge in [-0.15, -0.1) is 0 Å². The number of nitrogens with two attached hydrogens (primary N) is 2. The second-order valence-electron chi connectivity index (χ2n) is 6.69. The van der Waals surface area contributed by atoms with Crippen molar-refractivity contribution in [3.8, 4) is 11.3 Å². The second-order valence-corrected chi connectivity index (χ2v) is 6.69. The van der Waals surface area contributed by atoms with Gasteiger partial charge in [-0.1, -0.05) is 18.2 Å². The number of aromatic nitrogens is 2. The molecule has 27 heavy (non-hydrogen) atoms. The van der Waals surface area contributed by atoms with Crippen LogP contribution < -0.4 is 16.8 Å². The van der Waals surface area contributed by atoms with Crippen LogP contribution in [0.25, 0.3) is 27.7 Å². The summed E-state index contributed by atoms with van der Waals surface area (Å²) in [5, 5.41) is 12.3. The summed E-state index contributed by atoms with van der Waals surface area (Å²) in [5.41, 5.74) is 16.7. The first-order chi connectivity index (χ1) is 13.2. The molecule has 2 aromatic heterocycles. The number of nitrogen functional groups attached to an aromatic ring is 1.